The van der Waals surface area contributed by atoms with Crippen molar-refractivity contribution in [2.45, 2.75) is 12.5 Å². The Morgan fingerprint density at radius 1 is 1.20 bits per heavy atom. The summed E-state index contributed by atoms with van der Waals surface area (Å²) in [4.78, 5) is 0. The molecule has 0 amide bonds. The van der Waals surface area contributed by atoms with E-state index in [9.17, 15) is 4.39 Å². The Hall–Kier alpha value is -0.360. The van der Waals surface area contributed by atoms with Crippen molar-refractivity contribution >= 4 is 45.8 Å². The molecule has 0 heterocycles. The number of nitrogens with one attached hydrogen (secondary N) is 1. The number of hydrogen-bond acceptors (Lipinski definition) is 1. The zero-order valence-electron chi connectivity index (χ0n) is 10.8. The van der Waals surface area contributed by atoms with E-state index in [1.807, 2.05) is 25.2 Å². The van der Waals surface area contributed by atoms with Crippen LogP contribution in [-0.4, -0.2) is 7.05 Å². The molecule has 20 heavy (non-hydrogen) atoms. The summed E-state index contributed by atoms with van der Waals surface area (Å²) >= 11 is 14.6. The van der Waals surface area contributed by atoms with Crippen LogP contribution in [0.1, 0.15) is 17.2 Å². The van der Waals surface area contributed by atoms with Crippen LogP contribution in [0, 0.1) is 9.39 Å². The Labute approximate surface area is 141 Å². The van der Waals surface area contributed by atoms with Crippen LogP contribution in [0.4, 0.5) is 4.39 Å². The van der Waals surface area contributed by atoms with E-state index in [4.69, 9.17) is 23.2 Å². The molecule has 5 heteroatoms. The molecule has 0 aliphatic heterocycles. The summed E-state index contributed by atoms with van der Waals surface area (Å²) in [5.74, 6) is -0.233. The van der Waals surface area contributed by atoms with Gasteiger partial charge >= 0.3 is 0 Å². The fraction of sp³-hybridized carbons (Fsp3) is 0.200. The first kappa shape index (κ1) is 16.0. The zero-order valence-corrected chi connectivity index (χ0v) is 14.4. The second-order valence-corrected chi connectivity index (χ2v) is 6.39. The third kappa shape index (κ3) is 3.64. The Bertz CT molecular complexity index is 599. The van der Waals surface area contributed by atoms with Gasteiger partial charge in [-0.15, -0.1) is 0 Å². The molecule has 0 fully saturated rings. The van der Waals surface area contributed by atoms with Gasteiger partial charge in [0.25, 0.3) is 0 Å². The van der Waals surface area contributed by atoms with Crippen molar-refractivity contribution in [3.8, 4) is 0 Å². The van der Waals surface area contributed by atoms with Gasteiger partial charge in [0, 0.05) is 19.7 Å². The molecule has 2 rings (SSSR count). The number of halogens is 4. The summed E-state index contributed by atoms with van der Waals surface area (Å²) in [6.07, 6.45) is 0.649. The van der Waals surface area contributed by atoms with Crippen molar-refractivity contribution in [3.63, 3.8) is 0 Å². The van der Waals surface area contributed by atoms with Gasteiger partial charge < -0.3 is 5.32 Å². The number of hydrogen-bond donors (Lipinski definition) is 1. The molecule has 0 aliphatic rings. The normalized spacial score (nSPS) is 12.4. The smallest absolute Gasteiger partial charge is 0.124 e. The molecule has 0 aliphatic carbocycles. The van der Waals surface area contributed by atoms with E-state index in [1.54, 1.807) is 6.07 Å². The van der Waals surface area contributed by atoms with Gasteiger partial charge in [-0.3, -0.25) is 0 Å². The van der Waals surface area contributed by atoms with Gasteiger partial charge in [-0.25, -0.2) is 4.39 Å². The molecule has 0 saturated heterocycles. The van der Waals surface area contributed by atoms with Gasteiger partial charge in [-0.05, 0) is 71.5 Å². The van der Waals surface area contributed by atoms with E-state index in [-0.39, 0.29) is 11.9 Å². The predicted molar refractivity (Wildman–Crippen MR) is 91.1 cm³/mol. The van der Waals surface area contributed by atoms with Gasteiger partial charge in [0.15, 0.2) is 0 Å². The van der Waals surface area contributed by atoms with Crippen molar-refractivity contribution in [3.05, 3.63) is 67.0 Å². The summed E-state index contributed by atoms with van der Waals surface area (Å²) < 4.78 is 14.1. The van der Waals surface area contributed by atoms with Crippen molar-refractivity contribution < 1.29 is 4.39 Å². The third-order valence-corrected chi connectivity index (χ3v) is 4.80. The van der Waals surface area contributed by atoms with Crippen molar-refractivity contribution in [1.82, 2.24) is 5.32 Å². The highest BCUT2D eigenvalue weighted by atomic mass is 127. The first-order chi connectivity index (χ1) is 9.52. The predicted octanol–water partition coefficient (Wildman–Crippen LogP) is 5.24. The van der Waals surface area contributed by atoms with Crippen LogP contribution in [0.2, 0.25) is 10.0 Å². The first-order valence-corrected chi connectivity index (χ1v) is 7.91. The van der Waals surface area contributed by atoms with Crippen LogP contribution in [0.15, 0.2) is 36.4 Å². The number of rotatable bonds is 4. The Morgan fingerprint density at radius 2 is 1.85 bits per heavy atom. The van der Waals surface area contributed by atoms with Gasteiger partial charge in [-0.2, -0.15) is 0 Å². The van der Waals surface area contributed by atoms with Crippen molar-refractivity contribution in [2.24, 2.45) is 0 Å². The molecule has 0 saturated carbocycles. The lowest BCUT2D eigenvalue weighted by molar-refractivity contribution is 0.582. The average Bonchev–Trinajstić information content (AvgIpc) is 2.40. The van der Waals surface area contributed by atoms with E-state index >= 15 is 0 Å². The molecule has 2 aromatic rings. The Morgan fingerprint density at radius 3 is 2.40 bits per heavy atom. The lowest BCUT2D eigenvalue weighted by Gasteiger charge is -2.19. The summed E-state index contributed by atoms with van der Waals surface area (Å²) in [5, 5.41) is 4.53. The zero-order chi connectivity index (χ0) is 14.7. The SMILES string of the molecule is CNC(Cc1c(Cl)cccc1Cl)c1ccc(F)cc1I. The van der Waals surface area contributed by atoms with Gasteiger partial charge in [0.2, 0.25) is 0 Å². The highest BCUT2D eigenvalue weighted by molar-refractivity contribution is 14.1. The molecule has 0 radical (unpaired) electrons. The molecule has 1 N–H and O–H groups in total. The Balaban J connectivity index is 2.34. The highest BCUT2D eigenvalue weighted by Crippen LogP contribution is 2.30. The molecule has 2 aromatic carbocycles. The maximum Gasteiger partial charge on any atom is 0.124 e. The third-order valence-electron chi connectivity index (χ3n) is 3.16. The van der Waals surface area contributed by atoms with Crippen LogP contribution in [0.3, 0.4) is 0 Å². The second-order valence-electron chi connectivity index (χ2n) is 4.41. The molecule has 106 valence electrons. The summed E-state index contributed by atoms with van der Waals surface area (Å²) in [7, 11) is 1.87. The van der Waals surface area contributed by atoms with Crippen LogP contribution in [0.5, 0.6) is 0 Å². The topological polar surface area (TPSA) is 12.0 Å². The van der Waals surface area contributed by atoms with Crippen LogP contribution < -0.4 is 5.32 Å². The molecular formula is C15H13Cl2FIN. The van der Waals surface area contributed by atoms with Gasteiger partial charge in [0.1, 0.15) is 5.82 Å². The molecule has 1 atom stereocenters. The maximum atomic E-state index is 13.2. The molecule has 0 aromatic heterocycles. The minimum absolute atomic E-state index is 0.0277. The fourth-order valence-electron chi connectivity index (χ4n) is 2.08. The highest BCUT2D eigenvalue weighted by Gasteiger charge is 2.17. The number of benzene rings is 2. The summed E-state index contributed by atoms with van der Waals surface area (Å²) in [6, 6.07) is 10.3. The quantitative estimate of drug-likeness (QED) is 0.663. The maximum absolute atomic E-state index is 13.2. The standard InChI is InChI=1S/C15H13Cl2FIN/c1-20-15(10-6-5-9(18)7-14(10)19)8-11-12(16)3-2-4-13(11)17/h2-7,15,20H,8H2,1H3. The average molecular weight is 424 g/mol. The van der Waals surface area contributed by atoms with Crippen LogP contribution in [0.25, 0.3) is 0 Å². The minimum Gasteiger partial charge on any atom is -0.313 e. The molecule has 0 spiro atoms. The Kier molecular flexibility index (Phi) is 5.66. The molecule has 1 nitrogen and oxygen atoms in total. The van der Waals surface area contributed by atoms with Crippen molar-refractivity contribution in [1.29, 1.82) is 0 Å². The lowest BCUT2D eigenvalue weighted by atomic mass is 9.99. The van der Waals surface area contributed by atoms with E-state index in [0.717, 1.165) is 14.7 Å². The van der Waals surface area contributed by atoms with E-state index in [2.05, 4.69) is 27.9 Å². The van der Waals surface area contributed by atoms with E-state index < -0.39 is 0 Å². The van der Waals surface area contributed by atoms with Gasteiger partial charge in [0.05, 0.1) is 0 Å². The minimum atomic E-state index is -0.233. The monoisotopic (exact) mass is 423 g/mol. The molecular weight excluding hydrogens is 411 g/mol. The fourth-order valence-corrected chi connectivity index (χ4v) is 3.49. The van der Waals surface area contributed by atoms with Gasteiger partial charge in [-0.1, -0.05) is 35.3 Å². The van der Waals surface area contributed by atoms with Crippen LogP contribution in [-0.2, 0) is 6.42 Å². The van der Waals surface area contributed by atoms with E-state index in [1.165, 1.54) is 12.1 Å². The number of likely N-dealkylation sites (N-methyl/N-ethyl adjacent to an activating group) is 1. The first-order valence-electron chi connectivity index (χ1n) is 6.08. The lowest BCUT2D eigenvalue weighted by Crippen LogP contribution is -2.20. The molecule has 1 unspecified atom stereocenters. The van der Waals surface area contributed by atoms with Crippen molar-refractivity contribution in [2.75, 3.05) is 7.05 Å². The summed E-state index contributed by atoms with van der Waals surface area (Å²) in [6.45, 7) is 0. The van der Waals surface area contributed by atoms with E-state index in [0.29, 0.717) is 16.5 Å². The largest absolute Gasteiger partial charge is 0.313 e. The van der Waals surface area contributed by atoms with Crippen LogP contribution >= 0.6 is 45.8 Å². The molecule has 0 bridgehead atoms. The second kappa shape index (κ2) is 7.07. The summed E-state index contributed by atoms with van der Waals surface area (Å²) in [5.41, 5.74) is 1.93.